The molecule has 2 heterocycles. The Morgan fingerprint density at radius 2 is 1.05 bits per heavy atom. The smallest absolute Gasteiger partial charge is 0.335 e. The van der Waals surface area contributed by atoms with Gasteiger partial charge in [-0.1, -0.05) is 72.8 Å². The fraction of sp³-hybridized carbons (Fsp3) is 0.0909. The lowest BCUT2D eigenvalue weighted by atomic mass is 10.00. The second kappa shape index (κ2) is 16.4. The molecule has 0 aliphatic carbocycles. The summed E-state index contributed by atoms with van der Waals surface area (Å²) in [5.74, 6) is -1.70. The highest BCUT2D eigenvalue weighted by Gasteiger charge is 2.13. The molecule has 0 saturated carbocycles. The number of aromatic nitrogens is 4. The summed E-state index contributed by atoms with van der Waals surface area (Å²) in [5.41, 5.74) is 8.01. The van der Waals surface area contributed by atoms with Crippen LogP contribution in [0.5, 0.6) is 0 Å². The number of aromatic carboxylic acids is 1. The number of carboxylic acid groups (broad SMARTS) is 1. The number of carbonyl (C=O) groups is 2. The average Bonchev–Trinajstić information content (AvgIpc) is 3.82. The van der Waals surface area contributed by atoms with Crippen molar-refractivity contribution in [2.45, 2.75) is 13.1 Å². The van der Waals surface area contributed by atoms with Crippen LogP contribution in [-0.2, 0) is 13.1 Å². The van der Waals surface area contributed by atoms with E-state index in [-0.39, 0.29) is 36.3 Å². The summed E-state index contributed by atoms with van der Waals surface area (Å²) in [6.07, 6.45) is 3.90. The first-order valence-electron chi connectivity index (χ1n) is 17.5. The summed E-state index contributed by atoms with van der Waals surface area (Å²) in [6.45, 7) is 1.19. The summed E-state index contributed by atoms with van der Waals surface area (Å²) in [5, 5.41) is 31.9. The number of rotatable bonds is 10. The van der Waals surface area contributed by atoms with Gasteiger partial charge in [-0.25, -0.2) is 13.6 Å². The molecular formula is C44H35F2N5O4. The number of nitrogens with zero attached hydrogens (tertiary/aromatic N) is 4. The first-order chi connectivity index (χ1) is 26.7. The Bertz CT molecular complexity index is 2620. The minimum Gasteiger partial charge on any atom is -0.478 e. The predicted octanol–water partition coefficient (Wildman–Crippen LogP) is 8.20. The van der Waals surface area contributed by atoms with E-state index in [9.17, 15) is 23.5 Å². The molecule has 0 bridgehead atoms. The van der Waals surface area contributed by atoms with Gasteiger partial charge in [0, 0.05) is 35.3 Å². The molecule has 3 N–H and O–H groups in total. The van der Waals surface area contributed by atoms with Gasteiger partial charge in [-0.05, 0) is 94.0 Å². The molecule has 0 fully saturated rings. The third-order valence-corrected chi connectivity index (χ3v) is 8.96. The van der Waals surface area contributed by atoms with E-state index < -0.39 is 5.97 Å². The van der Waals surface area contributed by atoms with Crippen LogP contribution in [0.3, 0.4) is 0 Å². The molecule has 8 rings (SSSR count). The molecular weight excluding hydrogens is 701 g/mol. The number of carbonyl (C=O) groups excluding carboxylic acids is 1. The molecule has 8 aromatic rings. The molecule has 6 aromatic carbocycles. The third kappa shape index (κ3) is 8.64. The molecule has 0 radical (unpaired) electrons. The number of amides is 1. The van der Waals surface area contributed by atoms with Crippen molar-refractivity contribution < 1.29 is 28.6 Å². The van der Waals surface area contributed by atoms with Crippen LogP contribution in [0, 0.1) is 11.6 Å². The van der Waals surface area contributed by atoms with Crippen LogP contribution in [0.4, 0.5) is 8.78 Å². The van der Waals surface area contributed by atoms with Crippen LogP contribution in [0.2, 0.25) is 0 Å². The van der Waals surface area contributed by atoms with Crippen molar-refractivity contribution in [1.29, 1.82) is 0 Å². The number of nitrogens with one attached hydrogen (secondary N) is 1. The van der Waals surface area contributed by atoms with Crippen molar-refractivity contribution in [3.63, 3.8) is 0 Å². The van der Waals surface area contributed by atoms with Crippen LogP contribution in [0.1, 0.15) is 31.8 Å². The van der Waals surface area contributed by atoms with E-state index in [1.165, 1.54) is 24.3 Å². The van der Waals surface area contributed by atoms with Gasteiger partial charge in [0.2, 0.25) is 0 Å². The second-order valence-electron chi connectivity index (χ2n) is 12.8. The minimum atomic E-state index is -0.953. The van der Waals surface area contributed by atoms with E-state index in [1.807, 2.05) is 82.4 Å². The first-order valence-corrected chi connectivity index (χ1v) is 17.5. The molecule has 11 heteroatoms. The number of benzene rings is 6. The lowest BCUT2D eigenvalue weighted by Gasteiger charge is -2.07. The van der Waals surface area contributed by atoms with Gasteiger partial charge in [0.15, 0.2) is 0 Å². The van der Waals surface area contributed by atoms with Gasteiger partial charge >= 0.3 is 5.97 Å². The molecule has 274 valence electrons. The number of hydrogen-bond acceptors (Lipinski definition) is 5. The van der Waals surface area contributed by atoms with Crippen molar-refractivity contribution >= 4 is 33.7 Å². The standard InChI is InChI=1S/C23H20FN3O2.C21H15FN2O2/c24-19-9-7-16(8-10-19)14-27-15-21-20(5-2-6-22(21)26-27)17-3-1-4-18(13-17)23(29)25-11-12-28;22-17-9-7-14(8-10-17)12-24-13-19-18(5-2-6-20(19)23-24)15-3-1-4-16(11-15)21(25)26/h1-10,13,15,28H,11-12,14H2,(H,25,29);1-11,13H,12H2,(H,25,26). The van der Waals surface area contributed by atoms with E-state index in [0.717, 1.165) is 55.2 Å². The quantitative estimate of drug-likeness (QED) is 0.130. The highest BCUT2D eigenvalue weighted by atomic mass is 19.1. The maximum Gasteiger partial charge on any atom is 0.335 e. The summed E-state index contributed by atoms with van der Waals surface area (Å²) in [6, 6.07) is 38.6. The molecule has 0 saturated heterocycles. The maximum atomic E-state index is 13.1. The van der Waals surface area contributed by atoms with Crippen LogP contribution in [-0.4, -0.2) is 54.8 Å². The van der Waals surface area contributed by atoms with Crippen LogP contribution >= 0.6 is 0 Å². The van der Waals surface area contributed by atoms with Crippen LogP contribution in [0.15, 0.2) is 146 Å². The van der Waals surface area contributed by atoms with Gasteiger partial charge in [0.25, 0.3) is 5.91 Å². The summed E-state index contributed by atoms with van der Waals surface area (Å²) < 4.78 is 29.8. The molecule has 9 nitrogen and oxygen atoms in total. The zero-order valence-electron chi connectivity index (χ0n) is 29.4. The molecule has 0 aliphatic heterocycles. The Morgan fingerprint density at radius 3 is 1.53 bits per heavy atom. The van der Waals surface area contributed by atoms with Gasteiger partial charge in [0.05, 0.1) is 36.3 Å². The number of hydrogen-bond donors (Lipinski definition) is 3. The number of aliphatic hydroxyl groups excluding tert-OH is 1. The monoisotopic (exact) mass is 735 g/mol. The van der Waals surface area contributed by atoms with E-state index in [1.54, 1.807) is 48.5 Å². The van der Waals surface area contributed by atoms with E-state index >= 15 is 0 Å². The summed E-state index contributed by atoms with van der Waals surface area (Å²) >= 11 is 0. The summed E-state index contributed by atoms with van der Waals surface area (Å²) in [7, 11) is 0. The maximum absolute atomic E-state index is 13.1. The van der Waals surface area contributed by atoms with Gasteiger partial charge in [-0.2, -0.15) is 10.2 Å². The second-order valence-corrected chi connectivity index (χ2v) is 12.8. The van der Waals surface area contributed by atoms with Crippen molar-refractivity contribution in [3.05, 3.63) is 180 Å². The van der Waals surface area contributed by atoms with Crippen molar-refractivity contribution in [1.82, 2.24) is 24.9 Å². The van der Waals surface area contributed by atoms with E-state index in [2.05, 4.69) is 15.5 Å². The minimum absolute atomic E-state index is 0.0992. The number of halogens is 2. The van der Waals surface area contributed by atoms with Gasteiger partial charge in [0.1, 0.15) is 11.6 Å². The molecule has 0 aliphatic rings. The third-order valence-electron chi connectivity index (χ3n) is 8.96. The molecule has 55 heavy (non-hydrogen) atoms. The van der Waals surface area contributed by atoms with E-state index in [4.69, 9.17) is 5.11 Å². The summed E-state index contributed by atoms with van der Waals surface area (Å²) in [4.78, 5) is 23.5. The normalized spacial score (nSPS) is 11.0. The highest BCUT2D eigenvalue weighted by molar-refractivity contribution is 5.99. The van der Waals surface area contributed by atoms with Gasteiger partial charge < -0.3 is 15.5 Å². The zero-order chi connectivity index (χ0) is 38.3. The number of carboxylic acids is 1. The van der Waals surface area contributed by atoms with Crippen molar-refractivity contribution in [2.24, 2.45) is 0 Å². The fourth-order valence-corrected chi connectivity index (χ4v) is 6.32. The molecule has 2 aromatic heterocycles. The van der Waals surface area contributed by atoms with E-state index in [0.29, 0.717) is 18.7 Å². The molecule has 0 atom stereocenters. The Kier molecular flexibility index (Phi) is 10.8. The lowest BCUT2D eigenvalue weighted by molar-refractivity contribution is 0.0696. The van der Waals surface area contributed by atoms with Crippen molar-refractivity contribution in [2.75, 3.05) is 13.2 Å². The zero-order valence-corrected chi connectivity index (χ0v) is 29.4. The lowest BCUT2D eigenvalue weighted by Crippen LogP contribution is -2.26. The fourth-order valence-electron chi connectivity index (χ4n) is 6.32. The molecule has 1 amide bonds. The number of aliphatic hydroxyl groups is 1. The topological polar surface area (TPSA) is 122 Å². The van der Waals surface area contributed by atoms with Crippen molar-refractivity contribution in [3.8, 4) is 22.3 Å². The van der Waals surface area contributed by atoms with Gasteiger partial charge in [-0.15, -0.1) is 0 Å². The molecule has 0 unspecified atom stereocenters. The Hall–Kier alpha value is -6.98. The number of fused-ring (bicyclic) bond motifs is 2. The predicted molar refractivity (Wildman–Crippen MR) is 208 cm³/mol. The van der Waals surface area contributed by atoms with Crippen LogP contribution in [0.25, 0.3) is 44.1 Å². The molecule has 0 spiro atoms. The Balaban J connectivity index is 0.000000170. The van der Waals surface area contributed by atoms with Gasteiger partial charge in [-0.3, -0.25) is 14.2 Å². The Morgan fingerprint density at radius 1 is 0.600 bits per heavy atom. The Labute approximate surface area is 314 Å². The largest absolute Gasteiger partial charge is 0.478 e. The average molecular weight is 736 g/mol. The first kappa shape index (κ1) is 36.4. The van der Waals surface area contributed by atoms with Crippen LogP contribution < -0.4 is 5.32 Å². The SMILES string of the molecule is O=C(NCCO)c1cccc(-c2cccc3nn(Cc4ccc(F)cc4)cc23)c1.O=C(O)c1cccc(-c2cccc3nn(Cc4ccc(F)cc4)cc23)c1. The highest BCUT2D eigenvalue weighted by Crippen LogP contribution is 2.30.